The monoisotopic (exact) mass is 372 g/mol. The third-order valence-electron chi connectivity index (χ3n) is 3.97. The van der Waals surface area contributed by atoms with Crippen molar-refractivity contribution in [2.45, 2.75) is 12.8 Å². The van der Waals surface area contributed by atoms with Crippen molar-refractivity contribution >= 4 is 49.2 Å². The van der Waals surface area contributed by atoms with Gasteiger partial charge in [-0.2, -0.15) is 0 Å². The van der Waals surface area contributed by atoms with Crippen LogP contribution in [-0.2, 0) is 0 Å². The Balaban J connectivity index is 1.28. The molecule has 3 heterocycles. The molecule has 1 saturated heterocycles. The predicted molar refractivity (Wildman–Crippen MR) is 109 cm³/mol. The molecule has 1 aliphatic heterocycles. The van der Waals surface area contributed by atoms with Crippen LogP contribution in [0.25, 0.3) is 0 Å². The van der Waals surface area contributed by atoms with Crippen molar-refractivity contribution in [3.8, 4) is 0 Å². The number of rotatable bonds is 7. The number of nitrogens with zero attached hydrogens (tertiary/aromatic N) is 2. The fourth-order valence-electron chi connectivity index (χ4n) is 2.68. The Hall–Kier alpha value is -2.45. The third kappa shape index (κ3) is 4.15. The summed E-state index contributed by atoms with van der Waals surface area (Å²) in [6, 6.07) is 12.4. The summed E-state index contributed by atoms with van der Waals surface area (Å²) in [7, 11) is 0. The number of hydrogen-bond acceptors (Lipinski definition) is 8. The summed E-state index contributed by atoms with van der Waals surface area (Å²) >= 11 is 3.34. The number of anilines is 5. The number of thiophene rings is 1. The molecule has 25 heavy (non-hydrogen) atoms. The van der Waals surface area contributed by atoms with Gasteiger partial charge in [0.1, 0.15) is 5.00 Å². The van der Waals surface area contributed by atoms with Gasteiger partial charge in [-0.25, -0.2) is 4.98 Å². The van der Waals surface area contributed by atoms with Crippen molar-refractivity contribution in [2.24, 2.45) is 0 Å². The highest BCUT2D eigenvalue weighted by atomic mass is 32.1. The lowest BCUT2D eigenvalue weighted by molar-refractivity contribution is 0.949. The largest absolute Gasteiger partial charge is 0.363 e. The minimum absolute atomic E-state index is 0.843. The lowest BCUT2D eigenvalue weighted by Crippen LogP contribution is -2.15. The molecule has 2 aromatic heterocycles. The molecule has 1 aromatic carbocycles. The predicted octanol–water partition coefficient (Wildman–Crippen LogP) is 4.68. The summed E-state index contributed by atoms with van der Waals surface area (Å²) in [5, 5.41) is 5.24. The number of aromatic nitrogens is 1. The van der Waals surface area contributed by atoms with Crippen molar-refractivity contribution < 1.29 is 0 Å². The quantitative estimate of drug-likeness (QED) is 0.452. The van der Waals surface area contributed by atoms with Gasteiger partial charge in [-0.05, 0) is 49.2 Å². The van der Waals surface area contributed by atoms with Crippen LogP contribution in [-0.4, -0.2) is 18.1 Å². The molecule has 0 radical (unpaired) electrons. The van der Waals surface area contributed by atoms with Gasteiger partial charge in [0, 0.05) is 24.7 Å². The average molecular weight is 373 g/mol. The Labute approximate surface area is 154 Å². The van der Waals surface area contributed by atoms with Crippen LogP contribution in [0.3, 0.4) is 0 Å². The van der Waals surface area contributed by atoms with E-state index in [2.05, 4.69) is 43.7 Å². The second-order valence-electron chi connectivity index (χ2n) is 5.75. The Kier molecular flexibility index (Phi) is 4.89. The number of thiazole rings is 1. The Morgan fingerprint density at radius 3 is 2.24 bits per heavy atom. The van der Waals surface area contributed by atoms with E-state index < -0.39 is 0 Å². The first-order valence-electron chi connectivity index (χ1n) is 8.25. The summed E-state index contributed by atoms with van der Waals surface area (Å²) < 4.78 is 0. The molecule has 0 bridgehead atoms. The van der Waals surface area contributed by atoms with E-state index in [1.54, 1.807) is 28.9 Å². The van der Waals surface area contributed by atoms with Crippen molar-refractivity contribution in [1.29, 1.82) is 0 Å². The van der Waals surface area contributed by atoms with Crippen molar-refractivity contribution in [1.82, 2.24) is 4.98 Å². The van der Waals surface area contributed by atoms with Crippen LogP contribution in [0.5, 0.6) is 0 Å². The second kappa shape index (κ2) is 7.62. The molecule has 0 spiro atoms. The average Bonchev–Trinajstić information content (AvgIpc) is 3.41. The molecule has 1 fully saturated rings. The van der Waals surface area contributed by atoms with Gasteiger partial charge in [0.2, 0.25) is 5.13 Å². The second-order valence-corrected chi connectivity index (χ2v) is 7.70. The summed E-state index contributed by atoms with van der Waals surface area (Å²) in [6.07, 6.45) is 4.38. The van der Waals surface area contributed by atoms with E-state index in [-0.39, 0.29) is 0 Å². The topological polar surface area (TPSA) is 64.2 Å². The zero-order chi connectivity index (χ0) is 16.9. The molecule has 4 N–H and O–H groups in total. The van der Waals surface area contributed by atoms with E-state index in [1.165, 1.54) is 30.9 Å². The molecular formula is C17H20N6S2. The highest BCUT2D eigenvalue weighted by Crippen LogP contribution is 2.32. The Morgan fingerprint density at radius 2 is 1.56 bits per heavy atom. The fraction of sp³-hybridized carbons (Fsp3) is 0.235. The van der Waals surface area contributed by atoms with E-state index in [0.717, 1.165) is 21.5 Å². The molecule has 8 heteroatoms. The van der Waals surface area contributed by atoms with Crippen LogP contribution in [0.15, 0.2) is 48.0 Å². The minimum atomic E-state index is 0.843. The maximum atomic E-state index is 4.16. The highest BCUT2D eigenvalue weighted by Gasteiger charge is 2.13. The van der Waals surface area contributed by atoms with E-state index in [4.69, 9.17) is 0 Å². The maximum Gasteiger partial charge on any atom is 0.201 e. The molecule has 1 aliphatic rings. The fourth-order valence-corrected chi connectivity index (χ4v) is 4.08. The van der Waals surface area contributed by atoms with Crippen LogP contribution >= 0.6 is 22.7 Å². The molecule has 6 nitrogen and oxygen atoms in total. The van der Waals surface area contributed by atoms with Crippen molar-refractivity contribution in [2.75, 3.05) is 39.7 Å². The number of nitrogens with one attached hydrogen (secondary N) is 4. The van der Waals surface area contributed by atoms with Gasteiger partial charge in [-0.1, -0.05) is 11.3 Å². The number of hydrogen-bond donors (Lipinski definition) is 4. The van der Waals surface area contributed by atoms with Gasteiger partial charge in [0.15, 0.2) is 0 Å². The molecule has 0 saturated carbocycles. The summed E-state index contributed by atoms with van der Waals surface area (Å²) in [5.41, 5.74) is 14.7. The first kappa shape index (κ1) is 16.0. The van der Waals surface area contributed by atoms with E-state index in [0.29, 0.717) is 0 Å². The van der Waals surface area contributed by atoms with Crippen LogP contribution < -0.4 is 26.6 Å². The van der Waals surface area contributed by atoms with E-state index in [1.807, 2.05) is 29.6 Å². The van der Waals surface area contributed by atoms with Crippen LogP contribution in [0.2, 0.25) is 0 Å². The van der Waals surface area contributed by atoms with Crippen LogP contribution in [0.4, 0.5) is 26.5 Å². The summed E-state index contributed by atoms with van der Waals surface area (Å²) in [6.45, 7) is 2.35. The maximum absolute atomic E-state index is 4.16. The molecule has 3 aromatic rings. The number of hydrazine groups is 2. The Morgan fingerprint density at radius 1 is 0.840 bits per heavy atom. The van der Waals surface area contributed by atoms with Gasteiger partial charge in [-0.3, -0.25) is 16.3 Å². The zero-order valence-corrected chi connectivity index (χ0v) is 15.3. The van der Waals surface area contributed by atoms with Gasteiger partial charge in [-0.15, -0.1) is 11.3 Å². The summed E-state index contributed by atoms with van der Waals surface area (Å²) in [5.74, 6) is 0. The van der Waals surface area contributed by atoms with Gasteiger partial charge in [0.25, 0.3) is 0 Å². The first-order chi connectivity index (χ1) is 12.4. The first-order valence-corrected chi connectivity index (χ1v) is 9.95. The van der Waals surface area contributed by atoms with Gasteiger partial charge < -0.3 is 10.3 Å². The minimum Gasteiger partial charge on any atom is -0.363 e. The van der Waals surface area contributed by atoms with Crippen molar-refractivity contribution in [3.05, 3.63) is 48.0 Å². The van der Waals surface area contributed by atoms with E-state index >= 15 is 0 Å². The summed E-state index contributed by atoms with van der Waals surface area (Å²) in [4.78, 5) is 6.61. The molecular weight excluding hydrogens is 352 g/mol. The van der Waals surface area contributed by atoms with Gasteiger partial charge >= 0.3 is 0 Å². The van der Waals surface area contributed by atoms with Crippen LogP contribution in [0.1, 0.15) is 12.8 Å². The number of benzene rings is 1. The molecule has 4 rings (SSSR count). The lowest BCUT2D eigenvalue weighted by atomic mass is 10.3. The van der Waals surface area contributed by atoms with Gasteiger partial charge in [0.05, 0.1) is 16.4 Å². The normalized spacial score (nSPS) is 13.7. The van der Waals surface area contributed by atoms with E-state index in [9.17, 15) is 0 Å². The lowest BCUT2D eigenvalue weighted by Gasteiger charge is -2.14. The third-order valence-corrected chi connectivity index (χ3v) is 5.72. The Bertz CT molecular complexity index is 778. The highest BCUT2D eigenvalue weighted by molar-refractivity contribution is 7.20. The molecule has 0 aliphatic carbocycles. The molecule has 130 valence electrons. The zero-order valence-electron chi connectivity index (χ0n) is 13.7. The SMILES string of the molecule is c1csc(NNc2ccc(NNc3ccc(N4CCCC4)s3)cc2)n1. The van der Waals surface area contributed by atoms with Crippen molar-refractivity contribution in [3.63, 3.8) is 0 Å². The smallest absolute Gasteiger partial charge is 0.201 e. The van der Waals surface area contributed by atoms with Crippen LogP contribution in [0, 0.1) is 0 Å². The molecule has 0 unspecified atom stereocenters. The molecule has 0 atom stereocenters. The standard InChI is InChI=1S/C17H20N6S2/c1-2-11-23(10-1)16-8-7-15(25-16)21-19-13-3-5-14(6-4-13)20-22-17-18-9-12-24-17/h3-9,12,19-21H,1-2,10-11H2,(H,18,22). The molecule has 0 amide bonds.